The van der Waals surface area contributed by atoms with Gasteiger partial charge in [0.1, 0.15) is 0 Å². The third-order valence-corrected chi connectivity index (χ3v) is 1.37. The highest BCUT2D eigenvalue weighted by molar-refractivity contribution is 5.48. The van der Waals surface area contributed by atoms with Crippen LogP contribution in [0.5, 0.6) is 0 Å². The summed E-state index contributed by atoms with van der Waals surface area (Å²) in [5, 5.41) is 8.93. The van der Waals surface area contributed by atoms with Crippen molar-refractivity contribution in [3.05, 3.63) is 42.0 Å². The Balaban J connectivity index is 2.65. The van der Waals surface area contributed by atoms with Gasteiger partial charge in [-0.2, -0.15) is 0 Å². The standard InChI is InChI=1S/C10H12O/c1-9(11)7-8-10-5-3-2-4-6-10/h2-9,11H,1H3/t9-/m0/s1. The normalized spacial score (nSPS) is 13.6. The Kier molecular flexibility index (Phi) is 2.87. The van der Waals surface area contributed by atoms with E-state index < -0.39 is 0 Å². The maximum atomic E-state index is 8.93. The fourth-order valence-corrected chi connectivity index (χ4v) is 0.815. The van der Waals surface area contributed by atoms with Crippen molar-refractivity contribution < 1.29 is 5.11 Å². The van der Waals surface area contributed by atoms with Crippen LogP contribution >= 0.6 is 0 Å². The largest absolute Gasteiger partial charge is 0.389 e. The lowest BCUT2D eigenvalue weighted by Gasteiger charge is -1.93. The minimum atomic E-state index is -0.366. The van der Waals surface area contributed by atoms with Crippen molar-refractivity contribution in [3.8, 4) is 0 Å². The molecular formula is C10H12O. The van der Waals surface area contributed by atoms with Crippen LogP contribution < -0.4 is 0 Å². The summed E-state index contributed by atoms with van der Waals surface area (Å²) >= 11 is 0. The van der Waals surface area contributed by atoms with Gasteiger partial charge in [0, 0.05) is 0 Å². The van der Waals surface area contributed by atoms with Crippen LogP contribution in [0.1, 0.15) is 12.5 Å². The summed E-state index contributed by atoms with van der Waals surface area (Å²) in [6.45, 7) is 1.74. The molecule has 58 valence electrons. The highest BCUT2D eigenvalue weighted by Crippen LogP contribution is 2.01. The zero-order valence-electron chi connectivity index (χ0n) is 6.57. The van der Waals surface area contributed by atoms with Gasteiger partial charge < -0.3 is 5.11 Å². The van der Waals surface area contributed by atoms with Crippen molar-refractivity contribution in [1.82, 2.24) is 0 Å². The van der Waals surface area contributed by atoms with Gasteiger partial charge >= 0.3 is 0 Å². The highest BCUT2D eigenvalue weighted by atomic mass is 16.3. The Labute approximate surface area is 67.0 Å². The van der Waals surface area contributed by atoms with E-state index in [1.54, 1.807) is 13.0 Å². The molecule has 1 atom stereocenters. The smallest absolute Gasteiger partial charge is 0.0696 e. The van der Waals surface area contributed by atoms with E-state index >= 15 is 0 Å². The number of aliphatic hydroxyl groups excluding tert-OH is 1. The van der Waals surface area contributed by atoms with Crippen molar-refractivity contribution >= 4 is 6.08 Å². The molecule has 0 saturated heterocycles. The summed E-state index contributed by atoms with van der Waals surface area (Å²) in [7, 11) is 0. The molecule has 0 spiro atoms. The molecule has 1 N–H and O–H groups in total. The Bertz CT molecular complexity index is 224. The second-order valence-corrected chi connectivity index (χ2v) is 2.51. The van der Waals surface area contributed by atoms with E-state index in [4.69, 9.17) is 5.11 Å². The summed E-state index contributed by atoms with van der Waals surface area (Å²) in [5.74, 6) is 0. The van der Waals surface area contributed by atoms with Gasteiger partial charge in [-0.3, -0.25) is 0 Å². The number of hydrogen-bond donors (Lipinski definition) is 1. The molecule has 1 heteroatoms. The Morgan fingerprint density at radius 2 is 1.91 bits per heavy atom. The topological polar surface area (TPSA) is 20.2 Å². The van der Waals surface area contributed by atoms with E-state index in [-0.39, 0.29) is 6.10 Å². The second-order valence-electron chi connectivity index (χ2n) is 2.51. The molecule has 0 fully saturated rings. The predicted molar refractivity (Wildman–Crippen MR) is 47.2 cm³/mol. The lowest BCUT2D eigenvalue weighted by molar-refractivity contribution is 0.245. The summed E-state index contributed by atoms with van der Waals surface area (Å²) < 4.78 is 0. The number of hydrogen-bond acceptors (Lipinski definition) is 1. The zero-order chi connectivity index (χ0) is 8.10. The predicted octanol–water partition coefficient (Wildman–Crippen LogP) is 2.08. The molecule has 0 aliphatic heterocycles. The molecule has 0 bridgehead atoms. The average Bonchev–Trinajstić information content (AvgIpc) is 2.03. The van der Waals surface area contributed by atoms with Crippen molar-refractivity contribution in [3.63, 3.8) is 0 Å². The molecule has 0 heterocycles. The molecule has 0 aliphatic rings. The van der Waals surface area contributed by atoms with E-state index in [0.717, 1.165) is 5.56 Å². The van der Waals surface area contributed by atoms with Crippen LogP contribution in [0.2, 0.25) is 0 Å². The van der Waals surface area contributed by atoms with E-state index in [1.807, 2.05) is 36.4 Å². The summed E-state index contributed by atoms with van der Waals surface area (Å²) in [4.78, 5) is 0. The van der Waals surface area contributed by atoms with Gasteiger partial charge in [-0.1, -0.05) is 42.5 Å². The zero-order valence-corrected chi connectivity index (χ0v) is 6.57. The molecule has 0 unspecified atom stereocenters. The fraction of sp³-hybridized carbons (Fsp3) is 0.200. The van der Waals surface area contributed by atoms with Gasteiger partial charge in [-0.05, 0) is 12.5 Å². The Hall–Kier alpha value is -1.08. The molecule has 11 heavy (non-hydrogen) atoms. The van der Waals surface area contributed by atoms with Gasteiger partial charge in [0.2, 0.25) is 0 Å². The molecule has 1 aromatic rings. The second kappa shape index (κ2) is 3.94. The maximum Gasteiger partial charge on any atom is 0.0696 e. The molecular weight excluding hydrogens is 136 g/mol. The summed E-state index contributed by atoms with van der Waals surface area (Å²) in [6, 6.07) is 9.92. The number of benzene rings is 1. The van der Waals surface area contributed by atoms with Crippen LogP contribution in [-0.2, 0) is 0 Å². The van der Waals surface area contributed by atoms with Crippen molar-refractivity contribution in [1.29, 1.82) is 0 Å². The van der Waals surface area contributed by atoms with Crippen LogP contribution in [0.3, 0.4) is 0 Å². The minimum Gasteiger partial charge on any atom is -0.389 e. The van der Waals surface area contributed by atoms with Crippen molar-refractivity contribution in [2.24, 2.45) is 0 Å². The van der Waals surface area contributed by atoms with Crippen LogP contribution in [0.25, 0.3) is 6.08 Å². The first-order valence-corrected chi connectivity index (χ1v) is 3.70. The first kappa shape index (κ1) is 8.02. The van der Waals surface area contributed by atoms with E-state index in [2.05, 4.69) is 0 Å². The van der Waals surface area contributed by atoms with E-state index in [0.29, 0.717) is 0 Å². The van der Waals surface area contributed by atoms with Crippen LogP contribution in [-0.4, -0.2) is 11.2 Å². The lowest BCUT2D eigenvalue weighted by atomic mass is 10.2. The van der Waals surface area contributed by atoms with Gasteiger partial charge in [0.25, 0.3) is 0 Å². The fourth-order valence-electron chi connectivity index (χ4n) is 0.815. The van der Waals surface area contributed by atoms with Gasteiger partial charge in [0.05, 0.1) is 6.10 Å². The van der Waals surface area contributed by atoms with Crippen molar-refractivity contribution in [2.45, 2.75) is 13.0 Å². The molecule has 0 radical (unpaired) electrons. The van der Waals surface area contributed by atoms with Crippen LogP contribution in [0, 0.1) is 0 Å². The van der Waals surface area contributed by atoms with Crippen molar-refractivity contribution in [2.75, 3.05) is 0 Å². The highest BCUT2D eigenvalue weighted by Gasteiger charge is 1.85. The molecule has 1 nitrogen and oxygen atoms in total. The quantitative estimate of drug-likeness (QED) is 0.680. The first-order chi connectivity index (χ1) is 5.29. The van der Waals surface area contributed by atoms with Crippen LogP contribution in [0.15, 0.2) is 36.4 Å². The van der Waals surface area contributed by atoms with Crippen LogP contribution in [0.4, 0.5) is 0 Å². The van der Waals surface area contributed by atoms with E-state index in [1.165, 1.54) is 0 Å². The lowest BCUT2D eigenvalue weighted by Crippen LogP contribution is -1.90. The third kappa shape index (κ3) is 3.01. The van der Waals surface area contributed by atoms with Gasteiger partial charge in [-0.25, -0.2) is 0 Å². The third-order valence-electron chi connectivity index (χ3n) is 1.37. The summed E-state index contributed by atoms with van der Waals surface area (Å²) in [5.41, 5.74) is 1.12. The molecule has 0 aliphatic carbocycles. The number of aliphatic hydroxyl groups is 1. The maximum absolute atomic E-state index is 8.93. The SMILES string of the molecule is C[C@H](O)C=Cc1ccccc1. The molecule has 1 aromatic carbocycles. The van der Waals surface area contributed by atoms with Gasteiger partial charge in [-0.15, -0.1) is 0 Å². The monoisotopic (exact) mass is 148 g/mol. The summed E-state index contributed by atoms with van der Waals surface area (Å²) in [6.07, 6.45) is 3.30. The molecule has 0 saturated carbocycles. The Morgan fingerprint density at radius 1 is 1.27 bits per heavy atom. The minimum absolute atomic E-state index is 0.366. The molecule has 0 aromatic heterocycles. The number of rotatable bonds is 2. The van der Waals surface area contributed by atoms with Gasteiger partial charge in [0.15, 0.2) is 0 Å². The average molecular weight is 148 g/mol. The molecule has 0 amide bonds. The van der Waals surface area contributed by atoms with E-state index in [9.17, 15) is 0 Å². The first-order valence-electron chi connectivity index (χ1n) is 3.70. The molecule has 1 rings (SSSR count). The Morgan fingerprint density at radius 3 is 2.45 bits per heavy atom.